The molecule has 98 valence electrons. The van der Waals surface area contributed by atoms with Crippen LogP contribution in [0.1, 0.15) is 22.3 Å². The van der Waals surface area contributed by atoms with Crippen LogP contribution in [0.3, 0.4) is 0 Å². The number of hydrogen-bond donors (Lipinski definition) is 0. The summed E-state index contributed by atoms with van der Waals surface area (Å²) in [6.45, 7) is 1.57. The van der Waals surface area contributed by atoms with Gasteiger partial charge in [0.15, 0.2) is 0 Å². The minimum Gasteiger partial charge on any atom is -0.312 e. The first-order valence-corrected chi connectivity index (χ1v) is 6.07. The van der Waals surface area contributed by atoms with Crippen LogP contribution in [0, 0.1) is 11.6 Å². The van der Waals surface area contributed by atoms with E-state index < -0.39 is 23.2 Å². The summed E-state index contributed by atoms with van der Waals surface area (Å²) in [4.78, 5) is 20.0. The lowest BCUT2D eigenvalue weighted by Gasteiger charge is -2.01. The molecule has 0 saturated carbocycles. The molecule has 1 heterocycles. The number of carbonyl (C=O) groups is 1. The molecule has 0 bridgehead atoms. The third-order valence-corrected chi connectivity index (χ3v) is 3.06. The van der Waals surface area contributed by atoms with Crippen LogP contribution in [0.15, 0.2) is 34.9 Å². The summed E-state index contributed by atoms with van der Waals surface area (Å²) in [5.41, 5.74) is -0.418. The van der Waals surface area contributed by atoms with E-state index >= 15 is 0 Å². The zero-order valence-electron chi connectivity index (χ0n) is 9.76. The van der Waals surface area contributed by atoms with Crippen molar-refractivity contribution in [2.45, 2.75) is 6.92 Å². The number of oxime groups is 1. The number of hydrogen-bond acceptors (Lipinski definition) is 5. The molecule has 0 aliphatic carbocycles. The van der Waals surface area contributed by atoms with Crippen molar-refractivity contribution in [3.8, 4) is 0 Å². The summed E-state index contributed by atoms with van der Waals surface area (Å²) in [5.74, 6) is -3.18. The van der Waals surface area contributed by atoms with Crippen LogP contribution in [-0.4, -0.2) is 16.7 Å². The SMILES string of the molecule is C/C(=N/OC(=O)c1c(F)cccc1F)c1nccs1. The molecular formula is C12H8F2N2O2S. The molecule has 0 aliphatic rings. The molecule has 2 rings (SSSR count). The summed E-state index contributed by atoms with van der Waals surface area (Å²) < 4.78 is 26.6. The minimum absolute atomic E-state index is 0.347. The van der Waals surface area contributed by atoms with E-state index in [9.17, 15) is 13.6 Å². The maximum Gasteiger partial charge on any atom is 0.371 e. The van der Waals surface area contributed by atoms with E-state index in [-0.39, 0.29) is 0 Å². The normalized spacial score (nSPS) is 11.4. The molecule has 1 aromatic carbocycles. The van der Waals surface area contributed by atoms with Crippen LogP contribution >= 0.6 is 11.3 Å². The van der Waals surface area contributed by atoms with Crippen LogP contribution < -0.4 is 0 Å². The topological polar surface area (TPSA) is 51.5 Å². The lowest BCUT2D eigenvalue weighted by molar-refractivity contribution is 0.0505. The van der Waals surface area contributed by atoms with Crippen molar-refractivity contribution in [2.75, 3.05) is 0 Å². The Morgan fingerprint density at radius 2 is 2.05 bits per heavy atom. The predicted molar refractivity (Wildman–Crippen MR) is 66.1 cm³/mol. The molecule has 4 nitrogen and oxygen atoms in total. The number of benzene rings is 1. The zero-order valence-corrected chi connectivity index (χ0v) is 10.6. The highest BCUT2D eigenvalue weighted by Crippen LogP contribution is 2.14. The third kappa shape index (κ3) is 3.00. The lowest BCUT2D eigenvalue weighted by atomic mass is 10.2. The first kappa shape index (κ1) is 13.3. The van der Waals surface area contributed by atoms with Crippen LogP contribution in [0.5, 0.6) is 0 Å². The molecule has 0 aliphatic heterocycles. The van der Waals surface area contributed by atoms with Gasteiger partial charge >= 0.3 is 5.97 Å². The van der Waals surface area contributed by atoms with E-state index in [1.165, 1.54) is 11.3 Å². The maximum absolute atomic E-state index is 13.3. The molecule has 0 N–H and O–H groups in total. The van der Waals surface area contributed by atoms with Gasteiger partial charge in [0.25, 0.3) is 0 Å². The fraction of sp³-hybridized carbons (Fsp3) is 0.0833. The standard InChI is InChI=1S/C12H8F2N2O2S/c1-7(11-15-5-6-19-11)16-18-12(17)10-8(13)3-2-4-9(10)14/h2-6H,1H3/b16-7-. The molecule has 0 spiro atoms. The van der Waals surface area contributed by atoms with Gasteiger partial charge in [0.1, 0.15) is 27.9 Å². The van der Waals surface area contributed by atoms with E-state index in [1.807, 2.05) is 0 Å². The lowest BCUT2D eigenvalue weighted by Crippen LogP contribution is -2.08. The molecule has 0 amide bonds. The Morgan fingerprint density at radius 3 is 2.63 bits per heavy atom. The average molecular weight is 282 g/mol. The molecule has 19 heavy (non-hydrogen) atoms. The van der Waals surface area contributed by atoms with Crippen molar-refractivity contribution in [2.24, 2.45) is 5.16 Å². The van der Waals surface area contributed by atoms with Crippen LogP contribution in [0.4, 0.5) is 8.78 Å². The minimum atomic E-state index is -1.19. The second-order valence-electron chi connectivity index (χ2n) is 3.49. The van der Waals surface area contributed by atoms with Crippen molar-refractivity contribution in [3.05, 3.63) is 52.0 Å². The Balaban J connectivity index is 2.16. The summed E-state index contributed by atoms with van der Waals surface area (Å²) >= 11 is 1.30. The highest BCUT2D eigenvalue weighted by molar-refractivity contribution is 7.11. The quantitative estimate of drug-likeness (QED) is 0.494. The van der Waals surface area contributed by atoms with Gasteiger partial charge in [0.2, 0.25) is 0 Å². The molecular weight excluding hydrogens is 274 g/mol. The smallest absolute Gasteiger partial charge is 0.312 e. The van der Waals surface area contributed by atoms with Crippen LogP contribution in [0.25, 0.3) is 0 Å². The summed E-state index contributed by atoms with van der Waals surface area (Å²) in [5, 5.41) is 5.79. The van der Waals surface area contributed by atoms with Gasteiger partial charge in [-0.3, -0.25) is 0 Å². The fourth-order valence-electron chi connectivity index (χ4n) is 1.29. The number of carbonyl (C=O) groups excluding carboxylic acids is 1. The van der Waals surface area contributed by atoms with E-state index in [0.717, 1.165) is 18.2 Å². The monoisotopic (exact) mass is 282 g/mol. The average Bonchev–Trinajstić information content (AvgIpc) is 2.89. The van der Waals surface area contributed by atoms with Gasteiger partial charge in [-0.15, -0.1) is 11.3 Å². The molecule has 0 fully saturated rings. The first-order valence-electron chi connectivity index (χ1n) is 5.19. The Morgan fingerprint density at radius 1 is 1.37 bits per heavy atom. The highest BCUT2D eigenvalue weighted by Gasteiger charge is 2.19. The summed E-state index contributed by atoms with van der Waals surface area (Å²) in [6, 6.07) is 3.10. The van der Waals surface area contributed by atoms with Gasteiger partial charge in [-0.05, 0) is 19.1 Å². The Kier molecular flexibility index (Phi) is 3.96. The largest absolute Gasteiger partial charge is 0.371 e. The number of rotatable bonds is 3. The third-order valence-electron chi connectivity index (χ3n) is 2.17. The number of aromatic nitrogens is 1. The number of halogens is 2. The first-order chi connectivity index (χ1) is 9.09. The second-order valence-corrected chi connectivity index (χ2v) is 4.38. The van der Waals surface area contributed by atoms with Crippen LogP contribution in [-0.2, 0) is 4.84 Å². The Labute approximate surface area is 111 Å². The Hall–Kier alpha value is -2.15. The van der Waals surface area contributed by atoms with Gasteiger partial charge in [0.05, 0.1) is 0 Å². The molecule has 2 aromatic rings. The van der Waals surface area contributed by atoms with Crippen molar-refractivity contribution >= 4 is 23.0 Å². The van der Waals surface area contributed by atoms with Gasteiger partial charge in [-0.2, -0.15) is 0 Å². The molecule has 7 heteroatoms. The fourth-order valence-corrected chi connectivity index (χ4v) is 1.87. The van der Waals surface area contributed by atoms with E-state index in [2.05, 4.69) is 15.0 Å². The van der Waals surface area contributed by atoms with Crippen molar-refractivity contribution in [3.63, 3.8) is 0 Å². The van der Waals surface area contributed by atoms with Gasteiger partial charge < -0.3 is 4.84 Å². The van der Waals surface area contributed by atoms with Crippen molar-refractivity contribution in [1.29, 1.82) is 0 Å². The number of nitrogens with zero attached hydrogens (tertiary/aromatic N) is 2. The molecule has 0 atom stereocenters. The molecule has 0 radical (unpaired) electrons. The van der Waals surface area contributed by atoms with Gasteiger partial charge in [0, 0.05) is 11.6 Å². The highest BCUT2D eigenvalue weighted by atomic mass is 32.1. The maximum atomic E-state index is 13.3. The van der Waals surface area contributed by atoms with Crippen LogP contribution in [0.2, 0.25) is 0 Å². The molecule has 1 aromatic heterocycles. The van der Waals surface area contributed by atoms with E-state index in [0.29, 0.717) is 10.7 Å². The van der Waals surface area contributed by atoms with Crippen molar-refractivity contribution in [1.82, 2.24) is 4.98 Å². The van der Waals surface area contributed by atoms with E-state index in [4.69, 9.17) is 0 Å². The summed E-state index contributed by atoms with van der Waals surface area (Å²) in [7, 11) is 0. The summed E-state index contributed by atoms with van der Waals surface area (Å²) in [6.07, 6.45) is 1.57. The predicted octanol–water partition coefficient (Wildman–Crippen LogP) is 3.00. The Bertz CT molecular complexity index is 606. The van der Waals surface area contributed by atoms with Crippen molar-refractivity contribution < 1.29 is 18.4 Å². The zero-order chi connectivity index (χ0) is 13.8. The molecule has 0 saturated heterocycles. The second kappa shape index (κ2) is 5.66. The molecule has 0 unspecified atom stereocenters. The number of thiazole rings is 1. The van der Waals surface area contributed by atoms with Gasteiger partial charge in [-0.25, -0.2) is 18.6 Å². The van der Waals surface area contributed by atoms with Gasteiger partial charge in [-0.1, -0.05) is 11.2 Å². The van der Waals surface area contributed by atoms with E-state index in [1.54, 1.807) is 18.5 Å².